The van der Waals surface area contributed by atoms with Gasteiger partial charge in [0.2, 0.25) is 0 Å². The Hall–Kier alpha value is -2.00. The number of hydrogen-bond acceptors (Lipinski definition) is 6. The molecule has 1 aromatic heterocycles. The molecule has 2 saturated heterocycles. The standard InChI is InChI=1S/C12H17N5O4/c1-12(11(19)20)6-21-5-9(12)14-10(18)8-4-17(16-15-8)7-2-13-3-7/h4,7,9,13H,2-3,5-6H2,1H3,(H,14,18)(H,19,20). The van der Waals surface area contributed by atoms with Gasteiger partial charge in [0.05, 0.1) is 31.5 Å². The molecule has 2 atom stereocenters. The number of ether oxygens (including phenoxy) is 1. The van der Waals surface area contributed by atoms with Crippen molar-refractivity contribution in [2.45, 2.75) is 19.0 Å². The van der Waals surface area contributed by atoms with E-state index in [0.717, 1.165) is 13.1 Å². The summed E-state index contributed by atoms with van der Waals surface area (Å²) in [6.45, 7) is 3.42. The van der Waals surface area contributed by atoms with Crippen LogP contribution in [0, 0.1) is 5.41 Å². The Morgan fingerprint density at radius 3 is 2.95 bits per heavy atom. The average molecular weight is 295 g/mol. The Balaban J connectivity index is 1.68. The third-order valence-corrected chi connectivity index (χ3v) is 4.13. The Morgan fingerprint density at radius 2 is 2.33 bits per heavy atom. The van der Waals surface area contributed by atoms with Crippen LogP contribution >= 0.6 is 0 Å². The molecule has 0 aromatic carbocycles. The average Bonchev–Trinajstić information content (AvgIpc) is 2.96. The second-order valence-corrected chi connectivity index (χ2v) is 5.66. The molecule has 2 aliphatic heterocycles. The van der Waals surface area contributed by atoms with Gasteiger partial charge in [0.15, 0.2) is 5.69 Å². The molecule has 0 bridgehead atoms. The van der Waals surface area contributed by atoms with Gasteiger partial charge in [-0.05, 0) is 6.92 Å². The number of carboxylic acid groups (broad SMARTS) is 1. The molecule has 0 saturated carbocycles. The van der Waals surface area contributed by atoms with Gasteiger partial charge in [-0.2, -0.15) is 0 Å². The number of carboxylic acids is 1. The van der Waals surface area contributed by atoms with Crippen LogP contribution in [-0.2, 0) is 9.53 Å². The molecule has 1 aromatic rings. The molecular weight excluding hydrogens is 278 g/mol. The number of carbonyl (C=O) groups is 2. The summed E-state index contributed by atoms with van der Waals surface area (Å²) in [7, 11) is 0. The monoisotopic (exact) mass is 295 g/mol. The highest BCUT2D eigenvalue weighted by Crippen LogP contribution is 2.28. The van der Waals surface area contributed by atoms with E-state index in [4.69, 9.17) is 4.74 Å². The lowest BCUT2D eigenvalue weighted by atomic mass is 9.85. The molecule has 3 heterocycles. The van der Waals surface area contributed by atoms with E-state index in [-0.39, 0.29) is 24.9 Å². The van der Waals surface area contributed by atoms with E-state index in [1.807, 2.05) is 0 Å². The van der Waals surface area contributed by atoms with Crippen molar-refractivity contribution in [1.29, 1.82) is 0 Å². The van der Waals surface area contributed by atoms with Crippen LogP contribution in [0.25, 0.3) is 0 Å². The van der Waals surface area contributed by atoms with Crippen molar-refractivity contribution in [2.75, 3.05) is 26.3 Å². The summed E-state index contributed by atoms with van der Waals surface area (Å²) in [6, 6.07) is -0.365. The van der Waals surface area contributed by atoms with Crippen LogP contribution < -0.4 is 10.6 Å². The molecule has 9 nitrogen and oxygen atoms in total. The first-order chi connectivity index (χ1) is 10.0. The minimum absolute atomic E-state index is 0.0771. The van der Waals surface area contributed by atoms with Crippen molar-refractivity contribution in [1.82, 2.24) is 25.6 Å². The summed E-state index contributed by atoms with van der Waals surface area (Å²) >= 11 is 0. The maximum atomic E-state index is 12.2. The molecule has 2 aliphatic rings. The lowest BCUT2D eigenvalue weighted by Gasteiger charge is -2.26. The summed E-state index contributed by atoms with van der Waals surface area (Å²) in [5, 5.41) is 22.8. The number of carbonyl (C=O) groups excluding carboxylic acids is 1. The Morgan fingerprint density at radius 1 is 1.57 bits per heavy atom. The Kier molecular flexibility index (Phi) is 3.38. The van der Waals surface area contributed by atoms with Crippen LogP contribution in [0.3, 0.4) is 0 Å². The van der Waals surface area contributed by atoms with Crippen molar-refractivity contribution < 1.29 is 19.4 Å². The SMILES string of the molecule is CC1(C(=O)O)COCC1NC(=O)c1cn(C2CNC2)nn1. The van der Waals surface area contributed by atoms with E-state index in [1.165, 1.54) is 0 Å². The molecule has 0 radical (unpaired) electrons. The summed E-state index contributed by atoms with van der Waals surface area (Å²) in [4.78, 5) is 23.5. The summed E-state index contributed by atoms with van der Waals surface area (Å²) in [5.41, 5.74) is -0.940. The van der Waals surface area contributed by atoms with E-state index < -0.39 is 23.3 Å². The second-order valence-electron chi connectivity index (χ2n) is 5.66. The van der Waals surface area contributed by atoms with Gasteiger partial charge in [-0.15, -0.1) is 5.10 Å². The maximum Gasteiger partial charge on any atom is 0.313 e. The smallest absolute Gasteiger partial charge is 0.313 e. The first-order valence-electron chi connectivity index (χ1n) is 6.75. The summed E-state index contributed by atoms with van der Waals surface area (Å²) < 4.78 is 6.84. The second kappa shape index (κ2) is 5.08. The zero-order chi connectivity index (χ0) is 15.0. The fourth-order valence-electron chi connectivity index (χ4n) is 2.34. The molecule has 3 rings (SSSR count). The zero-order valence-corrected chi connectivity index (χ0v) is 11.6. The molecule has 0 spiro atoms. The Bertz CT molecular complexity index is 570. The lowest BCUT2D eigenvalue weighted by molar-refractivity contribution is -0.148. The predicted molar refractivity (Wildman–Crippen MR) is 69.7 cm³/mol. The van der Waals surface area contributed by atoms with E-state index in [0.29, 0.717) is 0 Å². The molecule has 1 amide bonds. The molecule has 114 valence electrons. The molecule has 2 fully saturated rings. The van der Waals surface area contributed by atoms with Crippen molar-refractivity contribution in [3.63, 3.8) is 0 Å². The third kappa shape index (κ3) is 2.38. The van der Waals surface area contributed by atoms with Gasteiger partial charge in [-0.1, -0.05) is 5.21 Å². The van der Waals surface area contributed by atoms with Gasteiger partial charge >= 0.3 is 5.97 Å². The van der Waals surface area contributed by atoms with Crippen molar-refractivity contribution in [3.05, 3.63) is 11.9 Å². The van der Waals surface area contributed by atoms with Gasteiger partial charge < -0.3 is 20.5 Å². The van der Waals surface area contributed by atoms with Crippen LogP contribution in [-0.4, -0.2) is 64.3 Å². The molecule has 21 heavy (non-hydrogen) atoms. The predicted octanol–water partition coefficient (Wildman–Crippen LogP) is -1.36. The van der Waals surface area contributed by atoms with E-state index in [1.54, 1.807) is 17.8 Å². The van der Waals surface area contributed by atoms with Crippen LogP contribution in [0.2, 0.25) is 0 Å². The van der Waals surface area contributed by atoms with Crippen molar-refractivity contribution >= 4 is 11.9 Å². The number of nitrogens with zero attached hydrogens (tertiary/aromatic N) is 3. The fraction of sp³-hybridized carbons (Fsp3) is 0.667. The van der Waals surface area contributed by atoms with Crippen LogP contribution in [0.1, 0.15) is 23.5 Å². The highest BCUT2D eigenvalue weighted by atomic mass is 16.5. The highest BCUT2D eigenvalue weighted by molar-refractivity contribution is 5.92. The summed E-state index contributed by atoms with van der Waals surface area (Å²) in [5.74, 6) is -1.42. The molecule has 9 heteroatoms. The molecular formula is C12H17N5O4. The lowest BCUT2D eigenvalue weighted by Crippen LogP contribution is -2.49. The van der Waals surface area contributed by atoms with Crippen LogP contribution in [0.4, 0.5) is 0 Å². The number of aromatic nitrogens is 3. The highest BCUT2D eigenvalue weighted by Gasteiger charge is 2.47. The topological polar surface area (TPSA) is 118 Å². The van der Waals surface area contributed by atoms with Crippen LogP contribution in [0.5, 0.6) is 0 Å². The minimum atomic E-state index is -1.12. The van der Waals surface area contributed by atoms with E-state index in [2.05, 4.69) is 20.9 Å². The molecule has 3 N–H and O–H groups in total. The van der Waals surface area contributed by atoms with Gasteiger partial charge in [0, 0.05) is 13.1 Å². The minimum Gasteiger partial charge on any atom is -0.481 e. The summed E-state index contributed by atoms with van der Waals surface area (Å²) in [6.07, 6.45) is 1.58. The molecule has 0 aliphatic carbocycles. The number of hydrogen-bond donors (Lipinski definition) is 3. The quantitative estimate of drug-likeness (QED) is 0.628. The number of nitrogens with one attached hydrogen (secondary N) is 2. The first-order valence-corrected chi connectivity index (χ1v) is 6.75. The van der Waals surface area contributed by atoms with E-state index in [9.17, 15) is 14.7 Å². The third-order valence-electron chi connectivity index (χ3n) is 4.13. The normalized spacial score (nSPS) is 29.1. The van der Waals surface area contributed by atoms with E-state index >= 15 is 0 Å². The zero-order valence-electron chi connectivity index (χ0n) is 11.6. The van der Waals surface area contributed by atoms with Gasteiger partial charge in [-0.25, -0.2) is 4.68 Å². The van der Waals surface area contributed by atoms with Gasteiger partial charge in [0.1, 0.15) is 5.41 Å². The largest absolute Gasteiger partial charge is 0.481 e. The van der Waals surface area contributed by atoms with Gasteiger partial charge in [-0.3, -0.25) is 9.59 Å². The Labute approximate surface area is 120 Å². The number of rotatable bonds is 4. The van der Waals surface area contributed by atoms with Crippen molar-refractivity contribution in [3.8, 4) is 0 Å². The number of amides is 1. The first kappa shape index (κ1) is 14.0. The van der Waals surface area contributed by atoms with Crippen LogP contribution in [0.15, 0.2) is 6.20 Å². The van der Waals surface area contributed by atoms with Crippen molar-refractivity contribution in [2.24, 2.45) is 5.41 Å². The number of aliphatic carboxylic acids is 1. The fourth-order valence-corrected chi connectivity index (χ4v) is 2.34. The maximum absolute atomic E-state index is 12.2. The van der Waals surface area contributed by atoms with Gasteiger partial charge in [0.25, 0.3) is 5.91 Å². The molecule has 2 unspecified atom stereocenters.